The quantitative estimate of drug-likeness (QED) is 0.210. The molecule has 8 heteroatoms. The second-order valence-electron chi connectivity index (χ2n) is 6.74. The van der Waals surface area contributed by atoms with Crippen LogP contribution in [0.5, 0.6) is 0 Å². The molecule has 31 heavy (non-hydrogen) atoms. The topological polar surface area (TPSA) is 114 Å². The summed E-state index contributed by atoms with van der Waals surface area (Å²) < 4.78 is 1.59. The Hall–Kier alpha value is -4.51. The smallest absolute Gasteiger partial charge is 0.276 e. The molecule has 0 fully saturated rings. The number of allylic oxidation sites excluding steroid dienone is 2. The van der Waals surface area contributed by atoms with Crippen molar-refractivity contribution >= 4 is 23.5 Å². The SMILES string of the molecule is Cc1ccc(-n2nc(C)cc2NC(=O)/C(C#N)=C/C=C/c2ccccc2[N+](=O)[O-])cc1. The zero-order valence-electron chi connectivity index (χ0n) is 16.9. The number of anilines is 1. The van der Waals surface area contributed by atoms with Crippen molar-refractivity contribution in [1.82, 2.24) is 9.78 Å². The van der Waals surface area contributed by atoms with Crippen molar-refractivity contribution in [3.63, 3.8) is 0 Å². The number of aryl methyl sites for hydroxylation is 2. The molecule has 0 atom stereocenters. The Labute approximate surface area is 178 Å². The van der Waals surface area contributed by atoms with Gasteiger partial charge in [0.15, 0.2) is 0 Å². The van der Waals surface area contributed by atoms with E-state index in [0.29, 0.717) is 17.1 Å². The lowest BCUT2D eigenvalue weighted by molar-refractivity contribution is -0.385. The van der Waals surface area contributed by atoms with E-state index in [-0.39, 0.29) is 11.3 Å². The number of amides is 1. The maximum absolute atomic E-state index is 12.6. The highest BCUT2D eigenvalue weighted by molar-refractivity contribution is 6.06. The lowest BCUT2D eigenvalue weighted by atomic mass is 10.1. The highest BCUT2D eigenvalue weighted by atomic mass is 16.6. The van der Waals surface area contributed by atoms with E-state index in [1.54, 1.807) is 35.9 Å². The van der Waals surface area contributed by atoms with Gasteiger partial charge < -0.3 is 5.32 Å². The summed E-state index contributed by atoms with van der Waals surface area (Å²) in [4.78, 5) is 23.2. The summed E-state index contributed by atoms with van der Waals surface area (Å²) in [6, 6.07) is 17.4. The molecule has 1 N–H and O–H groups in total. The van der Waals surface area contributed by atoms with Gasteiger partial charge in [-0.3, -0.25) is 14.9 Å². The van der Waals surface area contributed by atoms with E-state index in [9.17, 15) is 20.2 Å². The third-order valence-corrected chi connectivity index (χ3v) is 4.39. The average Bonchev–Trinajstić information content (AvgIpc) is 3.11. The number of aromatic nitrogens is 2. The number of nitrogens with one attached hydrogen (secondary N) is 1. The molecule has 8 nitrogen and oxygen atoms in total. The standard InChI is InChI=1S/C23H19N5O3/c1-16-10-12-20(13-11-16)27-22(14-17(2)26-27)25-23(29)19(15-24)8-5-7-18-6-3-4-9-21(18)28(30)31/h3-14H,1-2H3,(H,25,29)/b7-5+,19-8+. The Morgan fingerprint density at radius 2 is 1.90 bits per heavy atom. The Kier molecular flexibility index (Phi) is 6.38. The highest BCUT2D eigenvalue weighted by Gasteiger charge is 2.14. The molecule has 0 radical (unpaired) electrons. The Morgan fingerprint density at radius 1 is 1.19 bits per heavy atom. The van der Waals surface area contributed by atoms with E-state index < -0.39 is 10.8 Å². The van der Waals surface area contributed by atoms with Crippen LogP contribution in [0.2, 0.25) is 0 Å². The molecule has 3 rings (SSSR count). The second kappa shape index (κ2) is 9.33. The predicted octanol–water partition coefficient (Wildman–Crippen LogP) is 4.50. The van der Waals surface area contributed by atoms with Gasteiger partial charge in [-0.25, -0.2) is 4.68 Å². The molecule has 0 aliphatic carbocycles. The summed E-state index contributed by atoms with van der Waals surface area (Å²) >= 11 is 0. The second-order valence-corrected chi connectivity index (χ2v) is 6.74. The maximum Gasteiger partial charge on any atom is 0.276 e. The first kappa shape index (κ1) is 21.2. The number of nitro benzene ring substituents is 1. The predicted molar refractivity (Wildman–Crippen MR) is 117 cm³/mol. The van der Waals surface area contributed by atoms with E-state index in [4.69, 9.17) is 0 Å². The van der Waals surface area contributed by atoms with Gasteiger partial charge in [0.1, 0.15) is 17.5 Å². The molecule has 0 spiro atoms. The van der Waals surface area contributed by atoms with Gasteiger partial charge in [0, 0.05) is 12.1 Å². The Balaban J connectivity index is 1.82. The van der Waals surface area contributed by atoms with Gasteiger partial charge in [0.2, 0.25) is 0 Å². The van der Waals surface area contributed by atoms with Gasteiger partial charge in [0.05, 0.1) is 21.9 Å². The maximum atomic E-state index is 12.6. The average molecular weight is 413 g/mol. The zero-order valence-corrected chi connectivity index (χ0v) is 16.9. The molecular weight excluding hydrogens is 394 g/mol. The highest BCUT2D eigenvalue weighted by Crippen LogP contribution is 2.20. The minimum absolute atomic E-state index is 0.0624. The molecule has 154 valence electrons. The number of hydrogen-bond acceptors (Lipinski definition) is 5. The van der Waals surface area contributed by atoms with Gasteiger partial charge in [-0.05, 0) is 44.2 Å². The first-order valence-electron chi connectivity index (χ1n) is 9.36. The first-order chi connectivity index (χ1) is 14.9. The van der Waals surface area contributed by atoms with Gasteiger partial charge >= 0.3 is 0 Å². The van der Waals surface area contributed by atoms with Crippen LogP contribution in [0.15, 0.2) is 72.3 Å². The van der Waals surface area contributed by atoms with Crippen LogP contribution in [-0.4, -0.2) is 20.6 Å². The summed E-state index contributed by atoms with van der Waals surface area (Å²) in [5, 5.41) is 27.6. The molecule has 0 bridgehead atoms. The molecule has 1 amide bonds. The molecule has 1 heterocycles. The molecule has 0 saturated carbocycles. The monoisotopic (exact) mass is 413 g/mol. The number of carbonyl (C=O) groups is 1. The molecule has 0 aliphatic rings. The molecule has 1 aromatic heterocycles. The minimum atomic E-state index is -0.608. The summed E-state index contributed by atoms with van der Waals surface area (Å²) in [7, 11) is 0. The number of hydrogen-bond donors (Lipinski definition) is 1. The number of benzene rings is 2. The molecule has 0 saturated heterocycles. The van der Waals surface area contributed by atoms with Crippen molar-refractivity contribution in [1.29, 1.82) is 5.26 Å². The fourth-order valence-electron chi connectivity index (χ4n) is 2.86. The largest absolute Gasteiger partial charge is 0.306 e. The number of para-hydroxylation sites is 1. The fraction of sp³-hybridized carbons (Fsp3) is 0.0870. The number of nitrogens with zero attached hydrogens (tertiary/aromatic N) is 4. The van der Waals surface area contributed by atoms with Crippen LogP contribution in [0, 0.1) is 35.3 Å². The van der Waals surface area contributed by atoms with Gasteiger partial charge in [-0.15, -0.1) is 0 Å². The Bertz CT molecular complexity index is 1230. The van der Waals surface area contributed by atoms with Gasteiger partial charge in [0.25, 0.3) is 11.6 Å². The number of rotatable bonds is 6. The number of nitro groups is 1. The molecule has 0 unspecified atom stereocenters. The lowest BCUT2D eigenvalue weighted by Crippen LogP contribution is -2.16. The van der Waals surface area contributed by atoms with E-state index in [1.807, 2.05) is 37.3 Å². The van der Waals surface area contributed by atoms with E-state index in [2.05, 4.69) is 10.4 Å². The summed E-state index contributed by atoms with van der Waals surface area (Å²) in [5.74, 6) is -0.182. The molecule has 0 aliphatic heterocycles. The van der Waals surface area contributed by atoms with Crippen molar-refractivity contribution < 1.29 is 9.72 Å². The summed E-state index contributed by atoms with van der Waals surface area (Å²) in [6.45, 7) is 3.78. The van der Waals surface area contributed by atoms with Crippen molar-refractivity contribution in [2.45, 2.75) is 13.8 Å². The summed E-state index contributed by atoms with van der Waals surface area (Å²) in [5.41, 5.74) is 2.73. The molecule has 3 aromatic rings. The van der Waals surface area contributed by atoms with Crippen molar-refractivity contribution in [3.05, 3.63) is 99.3 Å². The lowest BCUT2D eigenvalue weighted by Gasteiger charge is -2.08. The van der Waals surface area contributed by atoms with Crippen LogP contribution in [0.1, 0.15) is 16.8 Å². The number of nitriles is 1. The summed E-state index contributed by atoms with van der Waals surface area (Å²) in [6.07, 6.45) is 4.22. The van der Waals surface area contributed by atoms with E-state index >= 15 is 0 Å². The van der Waals surface area contributed by atoms with Crippen LogP contribution >= 0.6 is 0 Å². The molecule has 2 aromatic carbocycles. The van der Waals surface area contributed by atoms with Crippen molar-refractivity contribution in [3.8, 4) is 11.8 Å². The first-order valence-corrected chi connectivity index (χ1v) is 9.36. The number of carbonyl (C=O) groups excluding carboxylic acids is 1. The molecular formula is C23H19N5O3. The van der Waals surface area contributed by atoms with E-state index in [0.717, 1.165) is 11.3 Å². The minimum Gasteiger partial charge on any atom is -0.306 e. The Morgan fingerprint density at radius 3 is 2.58 bits per heavy atom. The normalized spacial score (nSPS) is 11.3. The van der Waals surface area contributed by atoms with Crippen LogP contribution in [0.25, 0.3) is 11.8 Å². The van der Waals surface area contributed by atoms with Crippen LogP contribution in [-0.2, 0) is 4.79 Å². The van der Waals surface area contributed by atoms with Gasteiger partial charge in [-0.2, -0.15) is 10.4 Å². The van der Waals surface area contributed by atoms with Crippen LogP contribution in [0.3, 0.4) is 0 Å². The van der Waals surface area contributed by atoms with Crippen LogP contribution in [0.4, 0.5) is 11.5 Å². The third kappa shape index (κ3) is 5.10. The van der Waals surface area contributed by atoms with Gasteiger partial charge in [-0.1, -0.05) is 35.9 Å². The zero-order chi connectivity index (χ0) is 22.4. The third-order valence-electron chi connectivity index (χ3n) is 4.39. The fourth-order valence-corrected chi connectivity index (χ4v) is 2.86. The van der Waals surface area contributed by atoms with Crippen molar-refractivity contribution in [2.24, 2.45) is 0 Å². The van der Waals surface area contributed by atoms with E-state index in [1.165, 1.54) is 24.3 Å². The van der Waals surface area contributed by atoms with Crippen LogP contribution < -0.4 is 5.32 Å². The van der Waals surface area contributed by atoms with Crippen molar-refractivity contribution in [2.75, 3.05) is 5.32 Å².